The predicted molar refractivity (Wildman–Crippen MR) is 241 cm³/mol. The van der Waals surface area contributed by atoms with E-state index >= 15 is 0 Å². The summed E-state index contributed by atoms with van der Waals surface area (Å²) < 4.78 is 30.8. The van der Waals surface area contributed by atoms with Gasteiger partial charge in [-0.15, -0.1) is 0 Å². The average molecular weight is 863 g/mol. The molecule has 4 N–H and O–H groups in total. The van der Waals surface area contributed by atoms with Crippen LogP contribution in [0, 0.1) is 5.92 Å². The van der Waals surface area contributed by atoms with Crippen LogP contribution in [0.1, 0.15) is 54.9 Å². The zero-order valence-corrected chi connectivity index (χ0v) is 35.5. The molecule has 64 heavy (non-hydrogen) atoms. The largest absolute Gasteiger partial charge is 0.465 e. The highest BCUT2D eigenvalue weighted by molar-refractivity contribution is 5.86. The summed E-state index contributed by atoms with van der Waals surface area (Å²) in [5.74, 6) is -3.21. The number of para-hydroxylation sites is 4. The van der Waals surface area contributed by atoms with Gasteiger partial charge in [0.1, 0.15) is 6.61 Å². The van der Waals surface area contributed by atoms with Crippen molar-refractivity contribution in [3.63, 3.8) is 0 Å². The molecule has 4 aromatic heterocycles. The number of ether oxygens (including phenoxy) is 5. The highest BCUT2D eigenvalue weighted by Crippen LogP contribution is 2.34. The fourth-order valence-corrected chi connectivity index (χ4v) is 8.83. The van der Waals surface area contributed by atoms with Crippen molar-refractivity contribution in [3.8, 4) is 0 Å². The van der Waals surface area contributed by atoms with Crippen molar-refractivity contribution in [1.82, 2.24) is 19.9 Å². The Kier molecular flexibility index (Phi) is 12.6. The summed E-state index contributed by atoms with van der Waals surface area (Å²) in [5.41, 5.74) is 7.64. The first kappa shape index (κ1) is 42.2. The minimum atomic E-state index is -1.31. The van der Waals surface area contributed by atoms with E-state index in [4.69, 9.17) is 23.7 Å². The molecule has 1 unspecified atom stereocenters. The van der Waals surface area contributed by atoms with Crippen LogP contribution in [0.15, 0.2) is 122 Å². The van der Waals surface area contributed by atoms with Gasteiger partial charge in [-0.1, -0.05) is 72.8 Å². The van der Waals surface area contributed by atoms with E-state index in [1.54, 1.807) is 6.92 Å². The van der Waals surface area contributed by atoms with Gasteiger partial charge in [0.25, 0.3) is 0 Å². The number of carbonyl (C=O) groups is 4. The minimum Gasteiger partial charge on any atom is -0.465 e. The molecule has 0 spiro atoms. The molecule has 8 aromatic rings. The number of hydrogen-bond donors (Lipinski definition) is 4. The van der Waals surface area contributed by atoms with E-state index in [9.17, 15) is 19.2 Å². The Balaban J connectivity index is 0.948. The summed E-state index contributed by atoms with van der Waals surface area (Å²) in [6.45, 7) is 1.34. The lowest BCUT2D eigenvalue weighted by atomic mass is 9.91. The molecule has 1 aliphatic heterocycles. The van der Waals surface area contributed by atoms with Crippen LogP contribution in [0.2, 0.25) is 0 Å². The molecule has 13 heteroatoms. The van der Waals surface area contributed by atoms with E-state index in [0.717, 1.165) is 65.9 Å². The van der Waals surface area contributed by atoms with Gasteiger partial charge in [-0.05, 0) is 79.1 Å². The summed E-state index contributed by atoms with van der Waals surface area (Å²) in [4.78, 5) is 67.8. The Morgan fingerprint density at radius 2 is 0.812 bits per heavy atom. The van der Waals surface area contributed by atoms with Gasteiger partial charge in [0.05, 0.1) is 12.0 Å². The van der Waals surface area contributed by atoms with E-state index < -0.39 is 54.4 Å². The van der Waals surface area contributed by atoms with E-state index in [-0.39, 0.29) is 32.3 Å². The van der Waals surface area contributed by atoms with Gasteiger partial charge in [-0.25, -0.2) is 0 Å². The van der Waals surface area contributed by atoms with Crippen molar-refractivity contribution in [1.29, 1.82) is 0 Å². The number of aromatic nitrogens is 4. The molecule has 5 atom stereocenters. The van der Waals surface area contributed by atoms with Crippen molar-refractivity contribution in [2.45, 2.75) is 82.9 Å². The topological polar surface area (TPSA) is 178 Å². The standard InChI is InChI=1S/C51H50N4O9/c1-31-49(62-46(57)23-19-33-27-53-42-15-7-3-11-37(33)42)50(63-47(58)24-20-34-28-54-43-16-8-4-12-38(34)43)40(30-60-45(56)22-18-32-26-52-41-14-6-2-10-36(32)41)51(61-31)64-48(59)25-21-35-29-55-44-17-9-5-13-39(35)44/h2-17,26-29,31,40,49-55H,18-25,30H2,1H3/t31-,40?,49+,50-,51-/m0/s1. The van der Waals surface area contributed by atoms with E-state index in [0.29, 0.717) is 25.7 Å². The molecule has 0 bridgehead atoms. The number of aryl methyl sites for hydroxylation is 4. The van der Waals surface area contributed by atoms with Crippen molar-refractivity contribution >= 4 is 67.5 Å². The predicted octanol–water partition coefficient (Wildman–Crippen LogP) is 8.71. The van der Waals surface area contributed by atoms with Gasteiger partial charge >= 0.3 is 23.9 Å². The van der Waals surface area contributed by atoms with Crippen molar-refractivity contribution in [3.05, 3.63) is 144 Å². The second-order valence-electron chi connectivity index (χ2n) is 16.4. The molecular weight excluding hydrogens is 813 g/mol. The monoisotopic (exact) mass is 862 g/mol. The number of H-pyrrole nitrogens is 4. The number of hydrogen-bond acceptors (Lipinski definition) is 9. The quantitative estimate of drug-likeness (QED) is 0.0515. The zero-order valence-electron chi connectivity index (χ0n) is 35.5. The Hall–Kier alpha value is -7.12. The molecule has 9 rings (SSSR count). The number of fused-ring (bicyclic) bond motifs is 4. The third-order valence-electron chi connectivity index (χ3n) is 12.2. The van der Waals surface area contributed by atoms with Gasteiger partial charge in [-0.3, -0.25) is 19.2 Å². The van der Waals surface area contributed by atoms with Gasteiger partial charge in [0, 0.05) is 94.1 Å². The first-order valence-electron chi connectivity index (χ1n) is 21.9. The van der Waals surface area contributed by atoms with Crippen LogP contribution in [0.3, 0.4) is 0 Å². The smallest absolute Gasteiger partial charge is 0.308 e. The van der Waals surface area contributed by atoms with Gasteiger partial charge in [0.15, 0.2) is 12.2 Å². The molecule has 1 saturated heterocycles. The van der Waals surface area contributed by atoms with Crippen LogP contribution < -0.4 is 0 Å². The van der Waals surface area contributed by atoms with Crippen LogP contribution in [0.25, 0.3) is 43.6 Å². The Labute approximate surface area is 368 Å². The number of aromatic amines is 4. The third-order valence-corrected chi connectivity index (χ3v) is 12.2. The molecule has 13 nitrogen and oxygen atoms in total. The highest BCUT2D eigenvalue weighted by Gasteiger charge is 2.51. The minimum absolute atomic E-state index is 0.00101. The maximum atomic E-state index is 13.9. The molecule has 4 aromatic carbocycles. The molecular formula is C51H50N4O9. The van der Waals surface area contributed by atoms with E-state index in [1.165, 1.54) is 0 Å². The van der Waals surface area contributed by atoms with Gasteiger partial charge < -0.3 is 43.6 Å². The molecule has 0 radical (unpaired) electrons. The molecule has 1 aliphatic rings. The Morgan fingerprint density at radius 1 is 0.469 bits per heavy atom. The molecule has 5 heterocycles. The van der Waals surface area contributed by atoms with Crippen LogP contribution in [0.4, 0.5) is 0 Å². The molecule has 0 aliphatic carbocycles. The molecule has 1 fully saturated rings. The summed E-state index contributed by atoms with van der Waals surface area (Å²) in [7, 11) is 0. The Bertz CT molecular complexity index is 2920. The van der Waals surface area contributed by atoms with Crippen LogP contribution in [-0.4, -0.2) is 75.0 Å². The lowest BCUT2D eigenvalue weighted by Crippen LogP contribution is -2.59. The Morgan fingerprint density at radius 3 is 1.22 bits per heavy atom. The first-order valence-corrected chi connectivity index (χ1v) is 21.9. The fourth-order valence-electron chi connectivity index (χ4n) is 8.83. The van der Waals surface area contributed by atoms with Crippen LogP contribution in [0.5, 0.6) is 0 Å². The molecule has 0 amide bonds. The highest BCUT2D eigenvalue weighted by atomic mass is 16.7. The second kappa shape index (κ2) is 19.1. The summed E-state index contributed by atoms with van der Waals surface area (Å²) in [5, 5.41) is 4.02. The first-order chi connectivity index (χ1) is 31.3. The van der Waals surface area contributed by atoms with Gasteiger partial charge in [-0.2, -0.15) is 0 Å². The number of benzene rings is 4. The average Bonchev–Trinajstić information content (AvgIpc) is 4.12. The maximum Gasteiger partial charge on any atom is 0.308 e. The van der Waals surface area contributed by atoms with Gasteiger partial charge in [0.2, 0.25) is 6.29 Å². The normalized spacial score (nSPS) is 18.7. The summed E-state index contributed by atoms with van der Waals surface area (Å²) in [6.07, 6.45) is 4.67. The lowest BCUT2D eigenvalue weighted by molar-refractivity contribution is -0.281. The second-order valence-corrected chi connectivity index (χ2v) is 16.4. The third kappa shape index (κ3) is 9.44. The molecule has 0 saturated carbocycles. The van der Waals surface area contributed by atoms with Crippen LogP contribution >= 0.6 is 0 Å². The molecule has 328 valence electrons. The number of rotatable bonds is 17. The number of nitrogens with one attached hydrogen (secondary N) is 4. The van der Waals surface area contributed by atoms with E-state index in [1.807, 2.05) is 122 Å². The summed E-state index contributed by atoms with van der Waals surface area (Å²) in [6, 6.07) is 31.3. The van der Waals surface area contributed by atoms with Crippen molar-refractivity contribution in [2.24, 2.45) is 5.92 Å². The maximum absolute atomic E-state index is 13.9. The summed E-state index contributed by atoms with van der Waals surface area (Å²) >= 11 is 0. The SMILES string of the molecule is C[C@@H]1O[C@@H](OC(=O)CCc2c[nH]c3ccccc23)C(COC(=O)CCc2c[nH]c3ccccc23)[C@H](OC(=O)CCc2c[nH]c3ccccc23)[C@@H]1OC(=O)CCc1c[nH]c2ccccc12. The van der Waals surface area contributed by atoms with Crippen LogP contribution in [-0.2, 0) is 68.5 Å². The number of esters is 4. The van der Waals surface area contributed by atoms with Crippen molar-refractivity contribution < 1.29 is 42.9 Å². The van der Waals surface area contributed by atoms with E-state index in [2.05, 4.69) is 19.9 Å². The lowest BCUT2D eigenvalue weighted by Gasteiger charge is -2.43. The zero-order chi connectivity index (χ0) is 44.0. The van der Waals surface area contributed by atoms with Crippen molar-refractivity contribution in [2.75, 3.05) is 6.61 Å². The number of carbonyl (C=O) groups excluding carboxylic acids is 4. The fraction of sp³-hybridized carbons (Fsp3) is 0.294.